The number of piperidine rings is 3. The van der Waals surface area contributed by atoms with Crippen molar-refractivity contribution in [3.63, 3.8) is 0 Å². The maximum Gasteiger partial charge on any atom is 0.0695 e. The maximum atomic E-state index is 9.24. The van der Waals surface area contributed by atoms with Crippen LogP contribution in [0.4, 0.5) is 0 Å². The van der Waals surface area contributed by atoms with E-state index in [4.69, 9.17) is 0 Å². The van der Waals surface area contributed by atoms with Gasteiger partial charge in [-0.25, -0.2) is 0 Å². The van der Waals surface area contributed by atoms with Gasteiger partial charge in [0.1, 0.15) is 0 Å². The molecule has 2 nitrogen and oxygen atoms in total. The topological polar surface area (TPSA) is 23.5 Å². The van der Waals surface area contributed by atoms with Crippen molar-refractivity contribution < 1.29 is 5.11 Å². The number of aliphatic hydroxyl groups is 1. The second-order valence-corrected chi connectivity index (χ2v) is 4.03. The maximum absolute atomic E-state index is 9.24. The molecule has 3 rings (SSSR count). The molecule has 0 saturated carbocycles. The van der Waals surface area contributed by atoms with E-state index in [1.807, 2.05) is 13.0 Å². The zero-order valence-corrected chi connectivity index (χ0v) is 7.66. The molecule has 2 heteroatoms. The summed E-state index contributed by atoms with van der Waals surface area (Å²) in [7, 11) is 0. The van der Waals surface area contributed by atoms with E-state index >= 15 is 0 Å². The Morgan fingerprint density at radius 3 is 2.58 bits per heavy atom. The second kappa shape index (κ2) is 3.19. The summed E-state index contributed by atoms with van der Waals surface area (Å²) in [5, 5.41) is 9.24. The number of hydrogen-bond donors (Lipinski definition) is 1. The van der Waals surface area contributed by atoms with E-state index in [-0.39, 0.29) is 6.10 Å². The van der Waals surface area contributed by atoms with E-state index in [9.17, 15) is 5.11 Å². The van der Waals surface area contributed by atoms with Gasteiger partial charge in [0.2, 0.25) is 0 Å². The van der Waals surface area contributed by atoms with Crippen LogP contribution in [0.15, 0.2) is 11.6 Å². The van der Waals surface area contributed by atoms with Crippen LogP contribution in [0.2, 0.25) is 0 Å². The Labute approximate surface area is 73.9 Å². The molecule has 0 aliphatic carbocycles. The third kappa shape index (κ3) is 1.54. The van der Waals surface area contributed by atoms with Crippen LogP contribution >= 0.6 is 0 Å². The molecule has 1 N–H and O–H groups in total. The van der Waals surface area contributed by atoms with Crippen molar-refractivity contribution in [1.82, 2.24) is 4.90 Å². The van der Waals surface area contributed by atoms with Crippen LogP contribution in [0.1, 0.15) is 19.8 Å². The molecule has 3 aliphatic rings. The van der Waals surface area contributed by atoms with Crippen LogP contribution in [0.3, 0.4) is 0 Å². The minimum Gasteiger partial charge on any atom is -0.389 e. The molecule has 2 bridgehead atoms. The van der Waals surface area contributed by atoms with Crippen LogP contribution in [0, 0.1) is 5.92 Å². The second-order valence-electron chi connectivity index (χ2n) is 4.03. The largest absolute Gasteiger partial charge is 0.389 e. The molecule has 0 aromatic heterocycles. The highest BCUT2D eigenvalue weighted by Gasteiger charge is 2.29. The Morgan fingerprint density at radius 1 is 1.50 bits per heavy atom. The molecule has 3 heterocycles. The minimum atomic E-state index is -0.263. The van der Waals surface area contributed by atoms with Crippen LogP contribution in [-0.4, -0.2) is 35.7 Å². The third-order valence-corrected chi connectivity index (χ3v) is 2.97. The lowest BCUT2D eigenvalue weighted by Gasteiger charge is -2.41. The first-order valence-electron chi connectivity index (χ1n) is 4.86. The summed E-state index contributed by atoms with van der Waals surface area (Å²) in [5.41, 5.74) is 1.47. The van der Waals surface area contributed by atoms with E-state index in [1.54, 1.807) is 0 Å². The molecule has 0 aromatic carbocycles. The van der Waals surface area contributed by atoms with Crippen molar-refractivity contribution in [3.05, 3.63) is 11.6 Å². The number of hydrogen-bond acceptors (Lipinski definition) is 2. The Hall–Kier alpha value is -0.340. The Balaban J connectivity index is 2.08. The van der Waals surface area contributed by atoms with Crippen LogP contribution < -0.4 is 0 Å². The zero-order valence-electron chi connectivity index (χ0n) is 7.66. The molecule has 1 atom stereocenters. The van der Waals surface area contributed by atoms with Crippen LogP contribution in [0.5, 0.6) is 0 Å². The summed E-state index contributed by atoms with van der Waals surface area (Å²) < 4.78 is 0. The van der Waals surface area contributed by atoms with Crippen molar-refractivity contribution in [2.75, 3.05) is 19.6 Å². The van der Waals surface area contributed by atoms with E-state index in [0.29, 0.717) is 0 Å². The van der Waals surface area contributed by atoms with Crippen LogP contribution in [-0.2, 0) is 0 Å². The van der Waals surface area contributed by atoms with E-state index in [1.165, 1.54) is 31.5 Å². The molecule has 0 spiro atoms. The molecule has 68 valence electrons. The normalized spacial score (nSPS) is 40.3. The molecule has 0 radical (unpaired) electrons. The van der Waals surface area contributed by atoms with Gasteiger partial charge >= 0.3 is 0 Å². The van der Waals surface area contributed by atoms with Crippen molar-refractivity contribution in [2.45, 2.75) is 25.9 Å². The summed E-state index contributed by atoms with van der Waals surface area (Å²) >= 11 is 0. The first kappa shape index (κ1) is 8.27. The van der Waals surface area contributed by atoms with E-state index in [2.05, 4.69) is 4.90 Å². The highest BCUT2D eigenvalue weighted by Crippen LogP contribution is 2.31. The number of aliphatic hydroxyl groups excluding tert-OH is 1. The number of rotatable bonds is 1. The lowest BCUT2D eigenvalue weighted by Crippen LogP contribution is -2.43. The fourth-order valence-electron chi connectivity index (χ4n) is 2.35. The van der Waals surface area contributed by atoms with Crippen molar-refractivity contribution in [3.8, 4) is 0 Å². The summed E-state index contributed by atoms with van der Waals surface area (Å²) in [4.78, 5) is 2.48. The summed E-state index contributed by atoms with van der Waals surface area (Å²) in [6, 6.07) is 0. The highest BCUT2D eigenvalue weighted by molar-refractivity contribution is 5.16. The van der Waals surface area contributed by atoms with Gasteiger partial charge in [-0.15, -0.1) is 0 Å². The number of nitrogens with zero attached hydrogens (tertiary/aromatic N) is 1. The van der Waals surface area contributed by atoms with E-state index in [0.717, 1.165) is 12.5 Å². The van der Waals surface area contributed by atoms with Crippen molar-refractivity contribution >= 4 is 0 Å². The average Bonchev–Trinajstić information content (AvgIpc) is 2.05. The Kier molecular flexibility index (Phi) is 2.20. The van der Waals surface area contributed by atoms with Gasteiger partial charge in [0, 0.05) is 6.54 Å². The van der Waals surface area contributed by atoms with E-state index < -0.39 is 0 Å². The molecule has 0 aromatic rings. The highest BCUT2D eigenvalue weighted by atomic mass is 16.3. The van der Waals surface area contributed by atoms with Crippen molar-refractivity contribution in [2.24, 2.45) is 5.92 Å². The molecule has 12 heavy (non-hydrogen) atoms. The smallest absolute Gasteiger partial charge is 0.0695 e. The first-order chi connectivity index (χ1) is 5.75. The van der Waals surface area contributed by atoms with Gasteiger partial charge in [0.25, 0.3) is 0 Å². The van der Waals surface area contributed by atoms with Gasteiger partial charge in [-0.1, -0.05) is 11.6 Å². The fourth-order valence-corrected chi connectivity index (χ4v) is 2.35. The van der Waals surface area contributed by atoms with Gasteiger partial charge < -0.3 is 5.11 Å². The summed E-state index contributed by atoms with van der Waals surface area (Å²) in [5.74, 6) is 0.782. The SMILES string of the molecule is CC(O)/C=C1/CN2CCC1CC2. The molecule has 3 fully saturated rings. The lowest BCUT2D eigenvalue weighted by molar-refractivity contribution is 0.157. The van der Waals surface area contributed by atoms with Crippen LogP contribution in [0.25, 0.3) is 0 Å². The predicted molar refractivity (Wildman–Crippen MR) is 48.9 cm³/mol. The van der Waals surface area contributed by atoms with Gasteiger partial charge in [-0.05, 0) is 38.8 Å². The predicted octanol–water partition coefficient (Wildman–Crippen LogP) is 1.02. The number of fused-ring (bicyclic) bond motifs is 3. The van der Waals surface area contributed by atoms with Gasteiger partial charge in [0.15, 0.2) is 0 Å². The standard InChI is InChI=1S/C10H17NO/c1-8(12)6-10-7-11-4-2-9(10)3-5-11/h6,8-9,12H,2-5,7H2,1H3/b10-6-. The lowest BCUT2D eigenvalue weighted by atomic mass is 9.83. The van der Waals surface area contributed by atoms with Gasteiger partial charge in [-0.3, -0.25) is 4.90 Å². The first-order valence-corrected chi connectivity index (χ1v) is 4.86. The molecule has 3 aliphatic heterocycles. The average molecular weight is 167 g/mol. The molecular weight excluding hydrogens is 150 g/mol. The molecular formula is C10H17NO. The Morgan fingerprint density at radius 2 is 2.17 bits per heavy atom. The molecule has 0 amide bonds. The third-order valence-electron chi connectivity index (χ3n) is 2.97. The van der Waals surface area contributed by atoms with Crippen molar-refractivity contribution in [1.29, 1.82) is 0 Å². The summed E-state index contributed by atoms with van der Waals surface area (Å²) in [6.07, 6.45) is 4.38. The summed E-state index contributed by atoms with van der Waals surface area (Å²) in [6.45, 7) is 5.48. The fraction of sp³-hybridized carbons (Fsp3) is 0.800. The van der Waals surface area contributed by atoms with Gasteiger partial charge in [-0.2, -0.15) is 0 Å². The Bertz CT molecular complexity index is 190. The minimum absolute atomic E-state index is 0.263. The molecule has 3 saturated heterocycles. The zero-order chi connectivity index (χ0) is 8.55. The quantitative estimate of drug-likeness (QED) is 0.589. The monoisotopic (exact) mass is 167 g/mol. The van der Waals surface area contributed by atoms with Gasteiger partial charge in [0.05, 0.1) is 6.10 Å². The molecule has 1 unspecified atom stereocenters.